The number of furan rings is 1. The zero-order valence-electron chi connectivity index (χ0n) is 9.78. The molecule has 0 bridgehead atoms. The average Bonchev–Trinajstić information content (AvgIpc) is 2.95. The van der Waals surface area contributed by atoms with Crippen LogP contribution in [0.15, 0.2) is 32.2 Å². The normalized spacial score (nSPS) is 11.6. The van der Waals surface area contributed by atoms with Crippen molar-refractivity contribution in [1.29, 1.82) is 0 Å². The monoisotopic (exact) mass is 286 g/mol. The van der Waals surface area contributed by atoms with Gasteiger partial charge in [0.1, 0.15) is 5.76 Å². The summed E-state index contributed by atoms with van der Waals surface area (Å²) in [4.78, 5) is 10.6. The number of carboxylic acid groups (broad SMARTS) is 1. The number of nitrogens with one attached hydrogen (secondary N) is 1. The van der Waals surface area contributed by atoms with E-state index < -0.39 is 26.8 Å². The van der Waals surface area contributed by atoms with Crippen molar-refractivity contribution in [3.05, 3.63) is 35.4 Å². The smallest absolute Gasteiger partial charge is 0.371 e. The molecular weight excluding hydrogens is 276 g/mol. The highest BCUT2D eigenvalue weighted by atomic mass is 32.2. The highest BCUT2D eigenvalue weighted by Crippen LogP contribution is 2.14. The van der Waals surface area contributed by atoms with Gasteiger partial charge in [-0.3, -0.25) is 0 Å². The van der Waals surface area contributed by atoms with Crippen molar-refractivity contribution < 1.29 is 27.3 Å². The molecule has 2 N–H and O–H groups in total. The molecule has 2 heterocycles. The lowest BCUT2D eigenvalue weighted by Crippen LogP contribution is -2.23. The maximum atomic E-state index is 11.8. The van der Waals surface area contributed by atoms with Gasteiger partial charge in [-0.05, 0) is 19.1 Å². The molecule has 0 spiro atoms. The predicted molar refractivity (Wildman–Crippen MR) is 60.9 cm³/mol. The molecule has 0 aromatic carbocycles. The topological polar surface area (TPSA) is 123 Å². The number of rotatable bonds is 5. The van der Waals surface area contributed by atoms with Crippen LogP contribution in [0.2, 0.25) is 0 Å². The van der Waals surface area contributed by atoms with Gasteiger partial charge in [-0.2, -0.15) is 0 Å². The molecule has 0 aliphatic heterocycles. The van der Waals surface area contributed by atoms with Crippen LogP contribution < -0.4 is 4.72 Å². The third-order valence-corrected chi connectivity index (χ3v) is 3.45. The first-order chi connectivity index (χ1) is 8.88. The minimum Gasteiger partial charge on any atom is -0.475 e. The maximum absolute atomic E-state index is 11.8. The standard InChI is InChI=1S/C10H10N2O6S/c1-6-4-7(12-18-6)5-11-19(15,16)9-3-2-8(17-9)10(13)14/h2-4,11H,5H2,1H3,(H,13,14). The minimum atomic E-state index is -3.92. The Kier molecular flexibility index (Phi) is 3.40. The summed E-state index contributed by atoms with van der Waals surface area (Å²) in [5, 5.41) is 11.8. The fraction of sp³-hybridized carbons (Fsp3) is 0.200. The average molecular weight is 286 g/mol. The third kappa shape index (κ3) is 3.01. The molecule has 0 unspecified atom stereocenters. The SMILES string of the molecule is Cc1cc(CNS(=O)(=O)c2ccc(C(=O)O)o2)no1. The number of carboxylic acids is 1. The summed E-state index contributed by atoms with van der Waals surface area (Å²) < 4.78 is 35.3. The Hall–Kier alpha value is -2.13. The number of hydrogen-bond acceptors (Lipinski definition) is 6. The maximum Gasteiger partial charge on any atom is 0.371 e. The second-order valence-electron chi connectivity index (χ2n) is 3.68. The molecule has 0 fully saturated rings. The summed E-state index contributed by atoms with van der Waals surface area (Å²) in [5.41, 5.74) is 0.408. The van der Waals surface area contributed by atoms with Gasteiger partial charge in [0.15, 0.2) is 0 Å². The Morgan fingerprint density at radius 3 is 2.74 bits per heavy atom. The minimum absolute atomic E-state index is 0.0806. The quantitative estimate of drug-likeness (QED) is 0.831. The van der Waals surface area contributed by atoms with Gasteiger partial charge in [0.25, 0.3) is 10.0 Å². The number of hydrogen-bond donors (Lipinski definition) is 2. The van der Waals surface area contributed by atoms with E-state index in [-0.39, 0.29) is 6.54 Å². The summed E-state index contributed by atoms with van der Waals surface area (Å²) in [6.45, 7) is 1.60. The van der Waals surface area contributed by atoms with Crippen LogP contribution in [0.25, 0.3) is 0 Å². The summed E-state index contributed by atoms with van der Waals surface area (Å²) in [5.74, 6) is -1.23. The van der Waals surface area contributed by atoms with Gasteiger partial charge in [0, 0.05) is 6.07 Å². The number of aryl methyl sites for hydroxylation is 1. The van der Waals surface area contributed by atoms with Crippen molar-refractivity contribution in [1.82, 2.24) is 9.88 Å². The van der Waals surface area contributed by atoms with Crippen molar-refractivity contribution in [2.75, 3.05) is 0 Å². The van der Waals surface area contributed by atoms with E-state index in [1.165, 1.54) is 0 Å². The number of sulfonamides is 1. The molecule has 19 heavy (non-hydrogen) atoms. The summed E-state index contributed by atoms with van der Waals surface area (Å²) in [6, 6.07) is 3.71. The van der Waals surface area contributed by atoms with E-state index in [9.17, 15) is 13.2 Å². The Balaban J connectivity index is 2.11. The molecule has 0 aliphatic carbocycles. The lowest BCUT2D eigenvalue weighted by atomic mass is 10.4. The largest absolute Gasteiger partial charge is 0.475 e. The first-order valence-corrected chi connectivity index (χ1v) is 6.62. The van der Waals surface area contributed by atoms with Crippen molar-refractivity contribution in [3.63, 3.8) is 0 Å². The van der Waals surface area contributed by atoms with E-state index in [1.54, 1.807) is 13.0 Å². The molecule has 0 aliphatic rings. The predicted octanol–water partition coefficient (Wildman–Crippen LogP) is 0.753. The van der Waals surface area contributed by atoms with Gasteiger partial charge in [-0.25, -0.2) is 17.9 Å². The number of aromatic nitrogens is 1. The Bertz CT molecular complexity index is 699. The van der Waals surface area contributed by atoms with Crippen LogP contribution in [0.3, 0.4) is 0 Å². The van der Waals surface area contributed by atoms with Gasteiger partial charge in [-0.1, -0.05) is 5.16 Å². The van der Waals surface area contributed by atoms with E-state index in [0.29, 0.717) is 11.5 Å². The first kappa shape index (κ1) is 13.3. The summed E-state index contributed by atoms with van der Waals surface area (Å²) in [7, 11) is -3.92. The first-order valence-electron chi connectivity index (χ1n) is 5.13. The fourth-order valence-electron chi connectivity index (χ4n) is 1.32. The van der Waals surface area contributed by atoms with E-state index in [2.05, 4.69) is 9.88 Å². The van der Waals surface area contributed by atoms with Crippen LogP contribution in [0.1, 0.15) is 22.0 Å². The molecule has 0 saturated carbocycles. The molecule has 102 valence electrons. The third-order valence-electron chi connectivity index (χ3n) is 2.18. The lowest BCUT2D eigenvalue weighted by Gasteiger charge is -2.00. The van der Waals surface area contributed by atoms with Crippen LogP contribution in [-0.4, -0.2) is 24.7 Å². The Labute approximate surface area is 108 Å². The van der Waals surface area contributed by atoms with E-state index in [1.807, 2.05) is 0 Å². The highest BCUT2D eigenvalue weighted by molar-refractivity contribution is 7.89. The highest BCUT2D eigenvalue weighted by Gasteiger charge is 2.21. The van der Waals surface area contributed by atoms with Crippen LogP contribution >= 0.6 is 0 Å². The van der Waals surface area contributed by atoms with Gasteiger partial charge in [0.05, 0.1) is 12.2 Å². The molecule has 8 nitrogen and oxygen atoms in total. The molecule has 0 amide bonds. The van der Waals surface area contributed by atoms with Gasteiger partial charge >= 0.3 is 5.97 Å². The summed E-state index contributed by atoms with van der Waals surface area (Å²) in [6.07, 6.45) is 0. The number of nitrogens with zero attached hydrogens (tertiary/aromatic N) is 1. The summed E-state index contributed by atoms with van der Waals surface area (Å²) >= 11 is 0. The van der Waals surface area contributed by atoms with Crippen molar-refractivity contribution in [2.45, 2.75) is 18.6 Å². The molecule has 2 rings (SSSR count). The van der Waals surface area contributed by atoms with Crippen LogP contribution in [-0.2, 0) is 16.6 Å². The van der Waals surface area contributed by atoms with Crippen molar-refractivity contribution in [3.8, 4) is 0 Å². The van der Waals surface area contributed by atoms with Crippen molar-refractivity contribution >= 4 is 16.0 Å². The molecule has 0 radical (unpaired) electrons. The molecule has 9 heteroatoms. The number of carbonyl (C=O) groups is 1. The number of aromatic carboxylic acids is 1. The molecular formula is C10H10N2O6S. The van der Waals surface area contributed by atoms with Gasteiger partial charge in [-0.15, -0.1) is 0 Å². The Morgan fingerprint density at radius 2 is 2.21 bits per heavy atom. The molecule has 0 saturated heterocycles. The van der Waals surface area contributed by atoms with E-state index in [4.69, 9.17) is 14.0 Å². The van der Waals surface area contributed by atoms with Crippen LogP contribution in [0, 0.1) is 6.92 Å². The second kappa shape index (κ2) is 4.86. The molecule has 2 aromatic rings. The molecule has 0 atom stereocenters. The van der Waals surface area contributed by atoms with Crippen molar-refractivity contribution in [2.24, 2.45) is 0 Å². The van der Waals surface area contributed by atoms with Crippen LogP contribution in [0.4, 0.5) is 0 Å². The van der Waals surface area contributed by atoms with Gasteiger partial charge in [0.2, 0.25) is 10.9 Å². The van der Waals surface area contributed by atoms with Gasteiger partial charge < -0.3 is 14.0 Å². The fourth-order valence-corrected chi connectivity index (χ4v) is 2.25. The van der Waals surface area contributed by atoms with E-state index in [0.717, 1.165) is 12.1 Å². The van der Waals surface area contributed by atoms with E-state index >= 15 is 0 Å². The second-order valence-corrected chi connectivity index (χ2v) is 5.38. The Morgan fingerprint density at radius 1 is 1.47 bits per heavy atom. The zero-order chi connectivity index (χ0) is 14.0. The van der Waals surface area contributed by atoms with Crippen LogP contribution in [0.5, 0.6) is 0 Å². The zero-order valence-corrected chi connectivity index (χ0v) is 10.6. The lowest BCUT2D eigenvalue weighted by molar-refractivity contribution is 0.0656. The molecule has 2 aromatic heterocycles.